The number of hydrogen-bond acceptors (Lipinski definition) is 9. The summed E-state index contributed by atoms with van der Waals surface area (Å²) >= 11 is 1.39. The number of nitrogens with one attached hydrogen (secondary N) is 2. The zero-order chi connectivity index (χ0) is 33.0. The van der Waals surface area contributed by atoms with Crippen molar-refractivity contribution in [1.82, 2.24) is 15.1 Å². The molecule has 1 aliphatic rings. The lowest BCUT2D eigenvalue weighted by atomic mass is 9.99. The van der Waals surface area contributed by atoms with E-state index in [1.54, 1.807) is 31.3 Å². The standard InChI is InChI=1S/C32H48N4O7S/c1-20(2)29(34-27(39)11-9-8-10-16-36-28(40)17-26(44-7)31(36)41)25(38)18-33-24-14-12-23(13-15-24)19-43-32(42)35(6)30(21(3)4)22(5)37/h12-15,20-21,26,29-30,33H,8-11,16-19H2,1-7H3,(H,34,39)/t26?,29-,30-/m0/s1. The van der Waals surface area contributed by atoms with Crippen LogP contribution in [0.15, 0.2) is 24.3 Å². The molecule has 244 valence electrons. The summed E-state index contributed by atoms with van der Waals surface area (Å²) in [4.78, 5) is 76.7. The molecule has 0 bridgehead atoms. The number of likely N-dealkylation sites (tertiary alicyclic amines) is 1. The van der Waals surface area contributed by atoms with E-state index in [2.05, 4.69) is 10.6 Å². The zero-order valence-corrected chi connectivity index (χ0v) is 27.8. The molecule has 1 fully saturated rings. The molecule has 2 rings (SSSR count). The molecular formula is C32H48N4O7S. The maximum atomic E-state index is 13.0. The number of nitrogens with zero attached hydrogens (tertiary/aromatic N) is 2. The van der Waals surface area contributed by atoms with Gasteiger partial charge in [0.15, 0.2) is 11.6 Å². The summed E-state index contributed by atoms with van der Waals surface area (Å²) in [6.07, 6.45) is 3.69. The van der Waals surface area contributed by atoms with Crippen molar-refractivity contribution in [2.75, 3.05) is 31.7 Å². The number of amides is 4. The maximum Gasteiger partial charge on any atom is 0.410 e. The first kappa shape index (κ1) is 36.8. The van der Waals surface area contributed by atoms with Crippen molar-refractivity contribution in [3.8, 4) is 0 Å². The molecule has 44 heavy (non-hydrogen) atoms. The number of ether oxygens (including phenoxy) is 1. The summed E-state index contributed by atoms with van der Waals surface area (Å²) in [6.45, 7) is 9.40. The molecule has 2 N–H and O–H groups in total. The number of Topliss-reactive ketones (excluding diaryl/α,β-unsaturated/α-hetero) is 2. The van der Waals surface area contributed by atoms with Crippen molar-refractivity contribution in [3.05, 3.63) is 29.8 Å². The Morgan fingerprint density at radius 3 is 2.23 bits per heavy atom. The summed E-state index contributed by atoms with van der Waals surface area (Å²) in [5, 5.41) is 5.66. The van der Waals surface area contributed by atoms with E-state index < -0.39 is 18.2 Å². The molecule has 4 amide bonds. The summed E-state index contributed by atoms with van der Waals surface area (Å²) in [5.74, 6) is -0.847. The number of benzene rings is 1. The number of thioether (sulfide) groups is 1. The van der Waals surface area contributed by atoms with Gasteiger partial charge in [-0.2, -0.15) is 11.8 Å². The molecule has 12 heteroatoms. The minimum absolute atomic E-state index is 0.0266. The molecule has 0 saturated carbocycles. The highest BCUT2D eigenvalue weighted by molar-refractivity contribution is 8.00. The predicted octanol–water partition coefficient (Wildman–Crippen LogP) is 4.04. The number of unbranched alkanes of at least 4 members (excludes halogenated alkanes) is 2. The normalized spacial score (nSPS) is 16.2. The summed E-state index contributed by atoms with van der Waals surface area (Å²) in [6, 6.07) is 5.93. The monoisotopic (exact) mass is 632 g/mol. The van der Waals surface area contributed by atoms with E-state index in [0.717, 1.165) is 5.56 Å². The van der Waals surface area contributed by atoms with Gasteiger partial charge in [-0.3, -0.25) is 28.9 Å². The molecule has 3 atom stereocenters. The van der Waals surface area contributed by atoms with Gasteiger partial charge in [0, 0.05) is 32.1 Å². The van der Waals surface area contributed by atoms with E-state index in [9.17, 15) is 28.8 Å². The fourth-order valence-corrected chi connectivity index (χ4v) is 5.87. The van der Waals surface area contributed by atoms with Crippen LogP contribution in [0.3, 0.4) is 0 Å². The minimum Gasteiger partial charge on any atom is -0.445 e. The second-order valence-corrected chi connectivity index (χ2v) is 12.9. The highest BCUT2D eigenvalue weighted by atomic mass is 32.2. The number of carbonyl (C=O) groups excluding carboxylic acids is 6. The van der Waals surface area contributed by atoms with Gasteiger partial charge >= 0.3 is 6.09 Å². The predicted molar refractivity (Wildman–Crippen MR) is 171 cm³/mol. The molecule has 1 unspecified atom stereocenters. The molecule has 0 spiro atoms. The third kappa shape index (κ3) is 10.9. The van der Waals surface area contributed by atoms with Gasteiger partial charge in [0.05, 0.1) is 23.9 Å². The van der Waals surface area contributed by atoms with Crippen LogP contribution in [0.25, 0.3) is 0 Å². The largest absolute Gasteiger partial charge is 0.445 e. The van der Waals surface area contributed by atoms with Crippen molar-refractivity contribution >= 4 is 52.8 Å². The number of hydrogen-bond donors (Lipinski definition) is 2. The van der Waals surface area contributed by atoms with E-state index >= 15 is 0 Å². The van der Waals surface area contributed by atoms with Crippen LogP contribution in [-0.4, -0.2) is 88.9 Å². The fraction of sp³-hybridized carbons (Fsp3) is 0.625. The Balaban J connectivity index is 1.75. The molecular weight excluding hydrogens is 584 g/mol. The van der Waals surface area contributed by atoms with E-state index in [1.807, 2.05) is 34.0 Å². The molecule has 0 radical (unpaired) electrons. The summed E-state index contributed by atoms with van der Waals surface area (Å²) in [7, 11) is 1.55. The first-order valence-corrected chi connectivity index (χ1v) is 16.5. The van der Waals surface area contributed by atoms with E-state index in [4.69, 9.17) is 4.74 Å². The van der Waals surface area contributed by atoms with E-state index in [1.165, 1.54) is 28.5 Å². The Morgan fingerprint density at radius 2 is 1.68 bits per heavy atom. The van der Waals surface area contributed by atoms with Crippen LogP contribution >= 0.6 is 11.8 Å². The second kappa shape index (κ2) is 17.8. The lowest BCUT2D eigenvalue weighted by Crippen LogP contribution is -2.46. The van der Waals surface area contributed by atoms with Gasteiger partial charge in [-0.15, -0.1) is 0 Å². The van der Waals surface area contributed by atoms with Crippen LogP contribution in [0.5, 0.6) is 0 Å². The number of likely N-dealkylation sites (N-methyl/N-ethyl adjacent to an activating group) is 1. The number of rotatable bonds is 18. The Morgan fingerprint density at radius 1 is 1.02 bits per heavy atom. The molecule has 0 aliphatic carbocycles. The Kier molecular flexibility index (Phi) is 14.9. The molecule has 11 nitrogen and oxygen atoms in total. The van der Waals surface area contributed by atoms with Gasteiger partial charge in [-0.05, 0) is 55.6 Å². The first-order valence-electron chi connectivity index (χ1n) is 15.2. The maximum absolute atomic E-state index is 13.0. The minimum atomic E-state index is -0.640. The highest BCUT2D eigenvalue weighted by Gasteiger charge is 2.37. The van der Waals surface area contributed by atoms with Gasteiger partial charge in [0.25, 0.3) is 0 Å². The van der Waals surface area contributed by atoms with Gasteiger partial charge in [0.1, 0.15) is 6.61 Å². The van der Waals surface area contributed by atoms with Crippen molar-refractivity contribution in [3.63, 3.8) is 0 Å². The van der Waals surface area contributed by atoms with Crippen LogP contribution in [0, 0.1) is 11.8 Å². The topological polar surface area (TPSA) is 142 Å². The Labute approximate surface area is 265 Å². The van der Waals surface area contributed by atoms with Crippen LogP contribution in [-0.2, 0) is 35.3 Å². The number of imide groups is 1. The Hall–Kier alpha value is -3.41. The number of anilines is 1. The van der Waals surface area contributed by atoms with Crippen molar-refractivity contribution < 1.29 is 33.5 Å². The molecule has 1 aliphatic heterocycles. The number of carbonyl (C=O) groups is 6. The molecule has 0 aromatic heterocycles. The van der Waals surface area contributed by atoms with Crippen molar-refractivity contribution in [2.24, 2.45) is 11.8 Å². The van der Waals surface area contributed by atoms with Crippen molar-refractivity contribution in [2.45, 2.75) is 90.7 Å². The van der Waals surface area contributed by atoms with Crippen LogP contribution in [0.1, 0.15) is 72.3 Å². The van der Waals surface area contributed by atoms with Gasteiger partial charge in [-0.1, -0.05) is 46.2 Å². The quantitative estimate of drug-likeness (QED) is 0.181. The third-order valence-electron chi connectivity index (χ3n) is 7.64. The van der Waals surface area contributed by atoms with Gasteiger partial charge in [0.2, 0.25) is 17.7 Å². The smallest absolute Gasteiger partial charge is 0.410 e. The highest BCUT2D eigenvalue weighted by Crippen LogP contribution is 2.23. The van der Waals surface area contributed by atoms with E-state index in [-0.39, 0.29) is 72.4 Å². The average Bonchev–Trinajstić information content (AvgIpc) is 3.24. The SMILES string of the molecule is CSC1CC(=O)N(CCCCCC(=O)N[C@H](C(=O)CNc2ccc(COC(=O)N(C)[C@H](C(C)=O)C(C)C)cc2)C(C)C)C1=O. The Bertz CT molecular complexity index is 1170. The molecule has 1 aromatic carbocycles. The second-order valence-electron chi connectivity index (χ2n) is 11.9. The average molecular weight is 633 g/mol. The van der Waals surface area contributed by atoms with Gasteiger partial charge < -0.3 is 20.3 Å². The van der Waals surface area contributed by atoms with E-state index in [0.29, 0.717) is 31.5 Å². The molecule has 1 heterocycles. The van der Waals surface area contributed by atoms with Crippen LogP contribution < -0.4 is 10.6 Å². The van der Waals surface area contributed by atoms with Crippen molar-refractivity contribution in [1.29, 1.82) is 0 Å². The zero-order valence-electron chi connectivity index (χ0n) is 27.0. The van der Waals surface area contributed by atoms with Crippen LogP contribution in [0.2, 0.25) is 0 Å². The first-order chi connectivity index (χ1) is 20.8. The molecule has 1 aromatic rings. The summed E-state index contributed by atoms with van der Waals surface area (Å²) < 4.78 is 5.38. The lowest BCUT2D eigenvalue weighted by Gasteiger charge is -2.28. The third-order valence-corrected chi connectivity index (χ3v) is 8.58. The lowest BCUT2D eigenvalue weighted by molar-refractivity contribution is -0.138. The van der Waals surface area contributed by atoms with Gasteiger partial charge in [-0.25, -0.2) is 4.79 Å². The summed E-state index contributed by atoms with van der Waals surface area (Å²) in [5.41, 5.74) is 1.46. The fourth-order valence-electron chi connectivity index (χ4n) is 5.24. The molecule has 1 saturated heterocycles. The number of ketones is 2. The van der Waals surface area contributed by atoms with Crippen LogP contribution in [0.4, 0.5) is 10.5 Å².